The van der Waals surface area contributed by atoms with Gasteiger partial charge < -0.3 is 10.1 Å². The fourth-order valence-corrected chi connectivity index (χ4v) is 3.94. The molecule has 0 saturated heterocycles. The normalized spacial score (nSPS) is 13.5. The zero-order chi connectivity index (χ0) is 11.5. The zero-order valence-corrected chi connectivity index (χ0v) is 10.3. The van der Waals surface area contributed by atoms with Crippen LogP contribution < -0.4 is 10.2 Å². The Morgan fingerprint density at radius 1 is 1.33 bits per heavy atom. The highest BCUT2D eigenvalue weighted by Crippen LogP contribution is 2.01. The minimum absolute atomic E-state index is 0.494. The number of hydrogen-bond donors (Lipinski definition) is 2. The third-order valence-electron chi connectivity index (χ3n) is 2.44. The van der Waals surface area contributed by atoms with Gasteiger partial charge in [-0.15, -0.1) is 0 Å². The molecule has 15 heavy (non-hydrogen) atoms. The molecule has 0 aromatic heterocycles. The molecule has 0 fully saturated rings. The maximum absolute atomic E-state index is 10.8. The summed E-state index contributed by atoms with van der Waals surface area (Å²) in [7, 11) is -1.84. The molecule has 0 spiro atoms. The third-order valence-corrected chi connectivity index (χ3v) is 5.37. The minimum atomic E-state index is -1.84. The molecular weight excluding hydrogens is 206 g/mol. The van der Waals surface area contributed by atoms with E-state index in [0.29, 0.717) is 0 Å². The van der Waals surface area contributed by atoms with Crippen LogP contribution in [0.15, 0.2) is 30.3 Å². The van der Waals surface area contributed by atoms with Crippen molar-refractivity contribution in [3.05, 3.63) is 30.3 Å². The van der Waals surface area contributed by atoms with Crippen molar-refractivity contribution in [2.75, 3.05) is 0 Å². The van der Waals surface area contributed by atoms with Gasteiger partial charge in [0.2, 0.25) is 0 Å². The van der Waals surface area contributed by atoms with E-state index in [1.807, 2.05) is 30.3 Å². The van der Waals surface area contributed by atoms with Crippen LogP contribution in [0.4, 0.5) is 0 Å². The molecule has 0 radical (unpaired) electrons. The number of nitrogens with one attached hydrogen (secondary N) is 1. The Bertz CT molecular complexity index is 338. The first-order chi connectivity index (χ1) is 6.93. The first-order valence-corrected chi connectivity index (χ1v) is 7.99. The lowest BCUT2D eigenvalue weighted by Crippen LogP contribution is -2.59. The topological polar surface area (TPSA) is 49.3 Å². The highest BCUT2D eigenvalue weighted by Gasteiger charge is 2.27. The van der Waals surface area contributed by atoms with Crippen LogP contribution in [0.2, 0.25) is 13.1 Å². The molecule has 1 aromatic carbocycles. The Kier molecular flexibility index (Phi) is 3.65. The molecule has 2 N–H and O–H groups in total. The van der Waals surface area contributed by atoms with Crippen LogP contribution in [0, 0.1) is 0 Å². The Labute approximate surface area is 91.2 Å². The summed E-state index contributed by atoms with van der Waals surface area (Å²) in [6.45, 7) is 5.91. The van der Waals surface area contributed by atoms with Gasteiger partial charge in [0.15, 0.2) is 8.24 Å². The molecule has 0 aliphatic heterocycles. The molecular formula is C11H17NO2Si. The van der Waals surface area contributed by atoms with E-state index in [2.05, 4.69) is 18.1 Å². The molecule has 1 aromatic rings. The molecule has 0 amide bonds. The predicted octanol–water partition coefficient (Wildman–Crippen LogP) is 1.16. The number of aliphatic carboxylic acids is 1. The van der Waals surface area contributed by atoms with Gasteiger partial charge in [-0.2, -0.15) is 0 Å². The van der Waals surface area contributed by atoms with Gasteiger partial charge >= 0.3 is 5.97 Å². The molecule has 0 bridgehead atoms. The van der Waals surface area contributed by atoms with E-state index in [1.54, 1.807) is 6.92 Å². The van der Waals surface area contributed by atoms with Gasteiger partial charge in [-0.3, -0.25) is 4.79 Å². The van der Waals surface area contributed by atoms with Crippen molar-refractivity contribution >= 4 is 19.4 Å². The van der Waals surface area contributed by atoms with Crippen LogP contribution in [0.1, 0.15) is 6.92 Å². The van der Waals surface area contributed by atoms with Crippen LogP contribution >= 0.6 is 0 Å². The van der Waals surface area contributed by atoms with Crippen molar-refractivity contribution in [2.24, 2.45) is 0 Å². The van der Waals surface area contributed by atoms with Crippen molar-refractivity contribution in [1.82, 2.24) is 4.98 Å². The second kappa shape index (κ2) is 4.59. The number of carboxylic acid groups (broad SMARTS) is 1. The maximum Gasteiger partial charge on any atom is 0.319 e. The van der Waals surface area contributed by atoms with Crippen LogP contribution in [-0.4, -0.2) is 25.4 Å². The molecule has 1 rings (SSSR count). The number of hydrogen-bond acceptors (Lipinski definition) is 2. The van der Waals surface area contributed by atoms with E-state index in [4.69, 9.17) is 5.11 Å². The maximum atomic E-state index is 10.8. The van der Waals surface area contributed by atoms with Crippen molar-refractivity contribution in [1.29, 1.82) is 0 Å². The summed E-state index contributed by atoms with van der Waals surface area (Å²) in [5.74, 6) is -0.800. The number of benzene rings is 1. The number of rotatable bonds is 4. The molecule has 3 nitrogen and oxygen atoms in total. The monoisotopic (exact) mass is 223 g/mol. The van der Waals surface area contributed by atoms with Crippen LogP contribution in [0.3, 0.4) is 0 Å². The van der Waals surface area contributed by atoms with Gasteiger partial charge in [-0.05, 0) is 12.1 Å². The Morgan fingerprint density at radius 3 is 2.33 bits per heavy atom. The van der Waals surface area contributed by atoms with Crippen LogP contribution in [-0.2, 0) is 4.79 Å². The van der Waals surface area contributed by atoms with Gasteiger partial charge in [0.1, 0.15) is 0 Å². The molecule has 1 unspecified atom stereocenters. The SMILES string of the molecule is CC(N[Si](C)(C)c1ccccc1)C(=O)O. The van der Waals surface area contributed by atoms with Crippen LogP contribution in [0.25, 0.3) is 0 Å². The van der Waals surface area contributed by atoms with Gasteiger partial charge in [0.25, 0.3) is 0 Å². The second-order valence-corrected chi connectivity index (χ2v) is 8.31. The molecule has 1 atom stereocenters. The quantitative estimate of drug-likeness (QED) is 0.753. The van der Waals surface area contributed by atoms with Gasteiger partial charge in [0.05, 0.1) is 6.04 Å². The summed E-state index contributed by atoms with van der Waals surface area (Å²) in [6, 6.07) is 9.54. The van der Waals surface area contributed by atoms with E-state index in [-0.39, 0.29) is 0 Å². The Morgan fingerprint density at radius 2 is 1.87 bits per heavy atom. The van der Waals surface area contributed by atoms with Crippen molar-refractivity contribution in [2.45, 2.75) is 26.1 Å². The van der Waals surface area contributed by atoms with E-state index >= 15 is 0 Å². The van der Waals surface area contributed by atoms with Gasteiger partial charge in [-0.25, -0.2) is 0 Å². The highest BCUT2D eigenvalue weighted by atomic mass is 28.3. The summed E-state index contributed by atoms with van der Waals surface area (Å²) in [4.78, 5) is 14.0. The standard InChI is InChI=1S/C11H17NO2Si/c1-9(11(13)14)12-15(2,3)10-7-5-4-6-8-10/h4-9,12H,1-3H3,(H,13,14). The first kappa shape index (κ1) is 11.9. The summed E-state index contributed by atoms with van der Waals surface area (Å²) in [6.07, 6.45) is 0. The first-order valence-electron chi connectivity index (χ1n) is 4.99. The van der Waals surface area contributed by atoms with Crippen molar-refractivity contribution < 1.29 is 9.90 Å². The summed E-state index contributed by atoms with van der Waals surface area (Å²) < 4.78 is 0. The van der Waals surface area contributed by atoms with E-state index < -0.39 is 20.2 Å². The van der Waals surface area contributed by atoms with E-state index in [9.17, 15) is 4.79 Å². The largest absolute Gasteiger partial charge is 0.480 e. The van der Waals surface area contributed by atoms with E-state index in [0.717, 1.165) is 0 Å². The number of carbonyl (C=O) groups is 1. The molecule has 0 aliphatic rings. The fourth-order valence-electron chi connectivity index (χ4n) is 1.54. The summed E-state index contributed by atoms with van der Waals surface area (Å²) in [5.41, 5.74) is 0. The predicted molar refractivity (Wildman–Crippen MR) is 63.8 cm³/mol. The average molecular weight is 223 g/mol. The molecule has 0 aliphatic carbocycles. The minimum Gasteiger partial charge on any atom is -0.480 e. The number of carboxylic acids is 1. The molecule has 82 valence electrons. The third kappa shape index (κ3) is 3.18. The highest BCUT2D eigenvalue weighted by molar-refractivity contribution is 6.87. The Balaban J connectivity index is 2.80. The fraction of sp³-hybridized carbons (Fsp3) is 0.364. The average Bonchev–Trinajstić information content (AvgIpc) is 2.18. The lowest BCUT2D eigenvalue weighted by molar-refractivity contribution is -0.138. The van der Waals surface area contributed by atoms with Crippen molar-refractivity contribution in [3.63, 3.8) is 0 Å². The zero-order valence-electron chi connectivity index (χ0n) is 9.32. The smallest absolute Gasteiger partial charge is 0.319 e. The van der Waals surface area contributed by atoms with Gasteiger partial charge in [-0.1, -0.05) is 43.4 Å². The Hall–Kier alpha value is -1.13. The lowest BCUT2D eigenvalue weighted by atomic mass is 10.4. The molecule has 4 heteroatoms. The van der Waals surface area contributed by atoms with Gasteiger partial charge in [0, 0.05) is 0 Å². The van der Waals surface area contributed by atoms with Crippen LogP contribution in [0.5, 0.6) is 0 Å². The summed E-state index contributed by atoms with van der Waals surface area (Å²) >= 11 is 0. The summed E-state index contributed by atoms with van der Waals surface area (Å²) in [5, 5.41) is 10.1. The molecule has 0 saturated carbocycles. The van der Waals surface area contributed by atoms with E-state index in [1.165, 1.54) is 5.19 Å². The second-order valence-electron chi connectivity index (χ2n) is 4.20. The van der Waals surface area contributed by atoms with Crippen molar-refractivity contribution in [3.8, 4) is 0 Å². The lowest BCUT2D eigenvalue weighted by Gasteiger charge is -2.26. The molecule has 0 heterocycles.